The van der Waals surface area contributed by atoms with Gasteiger partial charge in [-0.25, -0.2) is 0 Å². The first-order valence-corrected chi connectivity index (χ1v) is 9.66. The molecule has 1 atom stereocenters. The maximum Gasteiger partial charge on any atom is 0.229 e. The molecule has 3 aromatic carbocycles. The van der Waals surface area contributed by atoms with E-state index >= 15 is 0 Å². The summed E-state index contributed by atoms with van der Waals surface area (Å²) in [5.74, 6) is 0.743. The van der Waals surface area contributed by atoms with Gasteiger partial charge in [-0.1, -0.05) is 29.8 Å². The molecule has 146 valence electrons. The fourth-order valence-electron chi connectivity index (χ4n) is 3.23. The minimum atomic E-state index is -0.382. The minimum Gasteiger partial charge on any atom is -0.457 e. The van der Waals surface area contributed by atoms with Gasteiger partial charge in [0.25, 0.3) is 0 Å². The van der Waals surface area contributed by atoms with Gasteiger partial charge in [-0.15, -0.1) is 0 Å². The van der Waals surface area contributed by atoms with Crippen molar-refractivity contribution in [2.45, 2.75) is 6.42 Å². The Kier molecular flexibility index (Phi) is 5.49. The second-order valence-electron chi connectivity index (χ2n) is 6.81. The molecule has 29 heavy (non-hydrogen) atoms. The van der Waals surface area contributed by atoms with E-state index in [2.05, 4.69) is 5.32 Å². The van der Waals surface area contributed by atoms with Crippen molar-refractivity contribution >= 4 is 34.8 Å². The summed E-state index contributed by atoms with van der Waals surface area (Å²) in [6, 6.07) is 23.6. The van der Waals surface area contributed by atoms with Crippen LogP contribution in [0, 0.1) is 5.92 Å². The molecule has 1 N–H and O–H groups in total. The van der Waals surface area contributed by atoms with Crippen LogP contribution in [0.1, 0.15) is 6.42 Å². The van der Waals surface area contributed by atoms with Crippen LogP contribution < -0.4 is 15.0 Å². The smallest absolute Gasteiger partial charge is 0.229 e. The Labute approximate surface area is 173 Å². The number of para-hydroxylation sites is 1. The zero-order valence-electron chi connectivity index (χ0n) is 15.5. The fourth-order valence-corrected chi connectivity index (χ4v) is 3.36. The number of carbonyl (C=O) groups is 2. The van der Waals surface area contributed by atoms with Crippen LogP contribution in [0.5, 0.6) is 11.5 Å². The van der Waals surface area contributed by atoms with E-state index in [1.807, 2.05) is 30.3 Å². The fraction of sp³-hybridized carbons (Fsp3) is 0.130. The third-order valence-electron chi connectivity index (χ3n) is 4.73. The van der Waals surface area contributed by atoms with Crippen LogP contribution >= 0.6 is 11.6 Å². The number of nitrogens with one attached hydrogen (secondary N) is 1. The number of halogens is 1. The zero-order chi connectivity index (χ0) is 20.2. The second-order valence-corrected chi connectivity index (χ2v) is 7.25. The van der Waals surface area contributed by atoms with Gasteiger partial charge in [-0.05, 0) is 60.7 Å². The lowest BCUT2D eigenvalue weighted by Crippen LogP contribution is -2.28. The highest BCUT2D eigenvalue weighted by Gasteiger charge is 2.35. The maximum atomic E-state index is 12.6. The summed E-state index contributed by atoms with van der Waals surface area (Å²) in [6.07, 6.45) is 0.207. The Morgan fingerprint density at radius 2 is 1.55 bits per heavy atom. The molecule has 6 heteroatoms. The quantitative estimate of drug-likeness (QED) is 0.639. The van der Waals surface area contributed by atoms with Gasteiger partial charge in [-0.3, -0.25) is 9.59 Å². The summed E-state index contributed by atoms with van der Waals surface area (Å²) in [5, 5.41) is 3.53. The van der Waals surface area contributed by atoms with Gasteiger partial charge in [0.05, 0.1) is 5.92 Å². The summed E-state index contributed by atoms with van der Waals surface area (Å²) >= 11 is 5.87. The van der Waals surface area contributed by atoms with Gasteiger partial charge in [0.2, 0.25) is 11.8 Å². The molecule has 1 saturated heterocycles. The van der Waals surface area contributed by atoms with Gasteiger partial charge < -0.3 is 15.0 Å². The molecule has 0 saturated carbocycles. The highest BCUT2D eigenvalue weighted by molar-refractivity contribution is 6.30. The monoisotopic (exact) mass is 406 g/mol. The van der Waals surface area contributed by atoms with Gasteiger partial charge in [-0.2, -0.15) is 0 Å². The molecule has 4 rings (SSSR count). The maximum absolute atomic E-state index is 12.6. The van der Waals surface area contributed by atoms with Crippen LogP contribution in [0.3, 0.4) is 0 Å². The second kappa shape index (κ2) is 8.37. The molecule has 0 unspecified atom stereocenters. The van der Waals surface area contributed by atoms with Gasteiger partial charge in [0.1, 0.15) is 11.5 Å². The Balaban J connectivity index is 1.36. The molecule has 1 heterocycles. The summed E-state index contributed by atoms with van der Waals surface area (Å²) in [4.78, 5) is 26.6. The lowest BCUT2D eigenvalue weighted by Gasteiger charge is -2.16. The number of carbonyl (C=O) groups excluding carboxylic acids is 2. The number of ether oxygens (including phenoxy) is 1. The number of nitrogens with zero attached hydrogens (tertiary/aromatic N) is 1. The van der Waals surface area contributed by atoms with Gasteiger partial charge in [0.15, 0.2) is 0 Å². The Bertz CT molecular complexity index is 1000. The van der Waals surface area contributed by atoms with E-state index < -0.39 is 0 Å². The predicted molar refractivity (Wildman–Crippen MR) is 113 cm³/mol. The van der Waals surface area contributed by atoms with E-state index in [1.165, 1.54) is 0 Å². The molecule has 0 aliphatic carbocycles. The molecule has 5 nitrogen and oxygen atoms in total. The molecule has 1 fully saturated rings. The normalized spacial score (nSPS) is 16.0. The van der Waals surface area contributed by atoms with Gasteiger partial charge in [0, 0.05) is 29.4 Å². The highest BCUT2D eigenvalue weighted by atomic mass is 35.5. The van der Waals surface area contributed by atoms with Gasteiger partial charge >= 0.3 is 0 Å². The molecule has 0 aromatic heterocycles. The van der Waals surface area contributed by atoms with Crippen LogP contribution in [0.15, 0.2) is 78.9 Å². The third-order valence-corrected chi connectivity index (χ3v) is 4.99. The molecular weight excluding hydrogens is 388 g/mol. The van der Waals surface area contributed by atoms with Crippen molar-refractivity contribution in [2.24, 2.45) is 5.92 Å². The lowest BCUT2D eigenvalue weighted by atomic mass is 10.1. The molecule has 0 spiro atoms. The molecule has 1 aliphatic heterocycles. The number of hydrogen-bond acceptors (Lipinski definition) is 3. The summed E-state index contributed by atoms with van der Waals surface area (Å²) in [6.45, 7) is 0.381. The topological polar surface area (TPSA) is 58.6 Å². The highest BCUT2D eigenvalue weighted by Crippen LogP contribution is 2.27. The first-order chi connectivity index (χ1) is 14.1. The van der Waals surface area contributed by atoms with Crippen LogP contribution in [-0.4, -0.2) is 18.4 Å². The van der Waals surface area contributed by atoms with E-state index in [9.17, 15) is 9.59 Å². The van der Waals surface area contributed by atoms with Crippen molar-refractivity contribution in [3.05, 3.63) is 83.9 Å². The lowest BCUT2D eigenvalue weighted by molar-refractivity contribution is -0.122. The molecule has 0 radical (unpaired) electrons. The average molecular weight is 407 g/mol. The number of hydrogen-bond donors (Lipinski definition) is 1. The molecule has 2 amide bonds. The molecule has 1 aliphatic rings. The first-order valence-electron chi connectivity index (χ1n) is 9.28. The molecule has 3 aromatic rings. The summed E-state index contributed by atoms with van der Waals surface area (Å²) in [5.41, 5.74) is 1.47. The van der Waals surface area contributed by atoms with E-state index in [0.29, 0.717) is 28.8 Å². The Morgan fingerprint density at radius 1 is 0.931 bits per heavy atom. The van der Waals surface area contributed by atoms with E-state index in [1.54, 1.807) is 53.4 Å². The van der Waals surface area contributed by atoms with Crippen molar-refractivity contribution in [3.63, 3.8) is 0 Å². The van der Waals surface area contributed by atoms with Crippen molar-refractivity contribution in [1.82, 2.24) is 0 Å². The standard InChI is InChI=1S/C23H19ClN2O3/c24-17-6-10-20(11-7-17)29-21-12-8-18(9-13-21)25-23(28)16-14-22(27)26(15-16)19-4-2-1-3-5-19/h1-13,16H,14-15H2,(H,25,28)/t16-/m0/s1. The van der Waals surface area contributed by atoms with Crippen molar-refractivity contribution in [2.75, 3.05) is 16.8 Å². The van der Waals surface area contributed by atoms with Crippen LogP contribution in [-0.2, 0) is 9.59 Å². The van der Waals surface area contributed by atoms with Crippen LogP contribution in [0.2, 0.25) is 5.02 Å². The van der Waals surface area contributed by atoms with Crippen molar-refractivity contribution < 1.29 is 14.3 Å². The first kappa shape index (κ1) is 19.0. The minimum absolute atomic E-state index is 0.0388. The number of benzene rings is 3. The van der Waals surface area contributed by atoms with Crippen LogP contribution in [0.25, 0.3) is 0 Å². The Hall–Kier alpha value is -3.31. The summed E-state index contributed by atoms with van der Waals surface area (Å²) in [7, 11) is 0. The Morgan fingerprint density at radius 3 is 2.21 bits per heavy atom. The zero-order valence-corrected chi connectivity index (χ0v) is 16.3. The SMILES string of the molecule is O=C(Nc1ccc(Oc2ccc(Cl)cc2)cc1)[C@H]1CC(=O)N(c2ccccc2)C1. The van der Waals surface area contributed by atoms with Crippen molar-refractivity contribution in [3.8, 4) is 11.5 Å². The van der Waals surface area contributed by atoms with E-state index in [4.69, 9.17) is 16.3 Å². The molecule has 0 bridgehead atoms. The number of rotatable bonds is 5. The number of anilines is 2. The summed E-state index contributed by atoms with van der Waals surface area (Å²) < 4.78 is 5.75. The number of amides is 2. The largest absolute Gasteiger partial charge is 0.457 e. The van der Waals surface area contributed by atoms with E-state index in [0.717, 1.165) is 5.69 Å². The average Bonchev–Trinajstić information content (AvgIpc) is 3.14. The van der Waals surface area contributed by atoms with E-state index in [-0.39, 0.29) is 24.2 Å². The van der Waals surface area contributed by atoms with Crippen LogP contribution in [0.4, 0.5) is 11.4 Å². The molecular formula is C23H19ClN2O3. The van der Waals surface area contributed by atoms with Crippen molar-refractivity contribution in [1.29, 1.82) is 0 Å². The predicted octanol–water partition coefficient (Wildman–Crippen LogP) is 5.12. The third kappa shape index (κ3) is 4.58.